The summed E-state index contributed by atoms with van der Waals surface area (Å²) in [6.07, 6.45) is 2.42. The van der Waals surface area contributed by atoms with Gasteiger partial charge in [0.2, 0.25) is 5.91 Å². The molecule has 1 rings (SSSR count). The Balaban J connectivity index is 2.38. The highest BCUT2D eigenvalue weighted by molar-refractivity contribution is 5.73. The summed E-state index contributed by atoms with van der Waals surface area (Å²) in [7, 11) is 0. The van der Waals surface area contributed by atoms with E-state index in [1.54, 1.807) is 6.92 Å². The Morgan fingerprint density at radius 1 is 1.46 bits per heavy atom. The van der Waals surface area contributed by atoms with Crippen LogP contribution in [-0.4, -0.2) is 23.9 Å². The number of carbonyl (C=O) groups excluding carboxylic acids is 1. The SMILES string of the molecule is CC(=O)N1CC[C@@H](CC(C)(C)C)C1. The number of hydrogen-bond donors (Lipinski definition) is 0. The predicted molar refractivity (Wildman–Crippen MR) is 54.4 cm³/mol. The summed E-state index contributed by atoms with van der Waals surface area (Å²) in [5, 5.41) is 0. The van der Waals surface area contributed by atoms with Crippen molar-refractivity contribution in [2.24, 2.45) is 11.3 Å². The third kappa shape index (κ3) is 3.37. The van der Waals surface area contributed by atoms with Crippen LogP contribution in [0.3, 0.4) is 0 Å². The van der Waals surface area contributed by atoms with E-state index in [1.165, 1.54) is 12.8 Å². The van der Waals surface area contributed by atoms with Crippen LogP contribution in [0.15, 0.2) is 0 Å². The molecule has 1 aliphatic heterocycles. The number of amides is 1. The average molecular weight is 183 g/mol. The second-order valence-corrected chi connectivity index (χ2v) is 5.38. The third-order valence-corrected chi connectivity index (χ3v) is 2.63. The van der Waals surface area contributed by atoms with Gasteiger partial charge in [-0.2, -0.15) is 0 Å². The first kappa shape index (κ1) is 10.6. The molecule has 1 amide bonds. The van der Waals surface area contributed by atoms with Gasteiger partial charge in [0.25, 0.3) is 0 Å². The molecular weight excluding hydrogens is 162 g/mol. The van der Waals surface area contributed by atoms with Crippen LogP contribution in [0.25, 0.3) is 0 Å². The minimum atomic E-state index is 0.233. The molecule has 0 unspecified atom stereocenters. The first-order valence-electron chi connectivity index (χ1n) is 5.14. The van der Waals surface area contributed by atoms with Crippen molar-refractivity contribution in [3.8, 4) is 0 Å². The topological polar surface area (TPSA) is 20.3 Å². The summed E-state index contributed by atoms with van der Waals surface area (Å²) in [6, 6.07) is 0. The van der Waals surface area contributed by atoms with Gasteiger partial charge in [-0.1, -0.05) is 20.8 Å². The maximum atomic E-state index is 11.1. The molecule has 1 heterocycles. The van der Waals surface area contributed by atoms with Crippen molar-refractivity contribution in [3.05, 3.63) is 0 Å². The molecule has 2 heteroatoms. The second-order valence-electron chi connectivity index (χ2n) is 5.38. The normalized spacial score (nSPS) is 23.7. The Kier molecular flexibility index (Phi) is 2.99. The third-order valence-electron chi connectivity index (χ3n) is 2.63. The standard InChI is InChI=1S/C11H21NO/c1-9(13)12-6-5-10(8-12)7-11(2,3)4/h10H,5-8H2,1-4H3/t10-/m0/s1. The van der Waals surface area contributed by atoms with Crippen molar-refractivity contribution < 1.29 is 4.79 Å². The van der Waals surface area contributed by atoms with E-state index in [1.807, 2.05) is 4.90 Å². The molecule has 0 aromatic rings. The van der Waals surface area contributed by atoms with Crippen molar-refractivity contribution >= 4 is 5.91 Å². The van der Waals surface area contributed by atoms with E-state index in [0.29, 0.717) is 5.41 Å². The van der Waals surface area contributed by atoms with Crippen LogP contribution < -0.4 is 0 Å². The van der Waals surface area contributed by atoms with Crippen molar-refractivity contribution in [2.75, 3.05) is 13.1 Å². The van der Waals surface area contributed by atoms with E-state index < -0.39 is 0 Å². The second kappa shape index (κ2) is 3.69. The molecule has 76 valence electrons. The summed E-state index contributed by atoms with van der Waals surface area (Å²) in [5.74, 6) is 0.959. The van der Waals surface area contributed by atoms with Crippen LogP contribution in [0.4, 0.5) is 0 Å². The zero-order valence-corrected chi connectivity index (χ0v) is 9.26. The maximum absolute atomic E-state index is 11.1. The van der Waals surface area contributed by atoms with Crippen LogP contribution in [0.5, 0.6) is 0 Å². The first-order valence-corrected chi connectivity index (χ1v) is 5.14. The van der Waals surface area contributed by atoms with Gasteiger partial charge in [-0.15, -0.1) is 0 Å². The Labute approximate surface area is 81.3 Å². The largest absolute Gasteiger partial charge is 0.343 e. The molecule has 0 N–H and O–H groups in total. The van der Waals surface area contributed by atoms with Gasteiger partial charge in [-0.3, -0.25) is 4.79 Å². The minimum Gasteiger partial charge on any atom is -0.343 e. The Bertz CT molecular complexity index is 193. The van der Waals surface area contributed by atoms with Crippen molar-refractivity contribution in [1.29, 1.82) is 0 Å². The molecule has 1 atom stereocenters. The molecule has 0 bridgehead atoms. The van der Waals surface area contributed by atoms with Gasteiger partial charge < -0.3 is 4.90 Å². The number of rotatable bonds is 1. The molecule has 0 aliphatic carbocycles. The van der Waals surface area contributed by atoms with Crippen LogP contribution in [-0.2, 0) is 4.79 Å². The van der Waals surface area contributed by atoms with Crippen molar-refractivity contribution in [2.45, 2.75) is 40.5 Å². The van der Waals surface area contributed by atoms with E-state index in [-0.39, 0.29) is 5.91 Å². The summed E-state index contributed by atoms with van der Waals surface area (Å²) < 4.78 is 0. The number of nitrogens with zero attached hydrogens (tertiary/aromatic N) is 1. The van der Waals surface area contributed by atoms with Crippen molar-refractivity contribution in [3.63, 3.8) is 0 Å². The number of likely N-dealkylation sites (tertiary alicyclic amines) is 1. The molecule has 2 nitrogen and oxygen atoms in total. The quantitative estimate of drug-likeness (QED) is 0.611. The lowest BCUT2D eigenvalue weighted by Gasteiger charge is -2.22. The molecule has 0 aromatic carbocycles. The average Bonchev–Trinajstić information content (AvgIpc) is 2.31. The molecular formula is C11H21NO. The molecule has 1 aliphatic rings. The molecule has 0 aromatic heterocycles. The van der Waals surface area contributed by atoms with Gasteiger partial charge in [0.1, 0.15) is 0 Å². The summed E-state index contributed by atoms with van der Waals surface area (Å²) >= 11 is 0. The van der Waals surface area contributed by atoms with Crippen LogP contribution in [0, 0.1) is 11.3 Å². The Morgan fingerprint density at radius 3 is 2.46 bits per heavy atom. The van der Waals surface area contributed by atoms with Gasteiger partial charge in [-0.05, 0) is 24.2 Å². The molecule has 1 fully saturated rings. The highest BCUT2D eigenvalue weighted by Gasteiger charge is 2.27. The predicted octanol–water partition coefficient (Wildman–Crippen LogP) is 2.29. The van der Waals surface area contributed by atoms with Gasteiger partial charge >= 0.3 is 0 Å². The summed E-state index contributed by atoms with van der Waals surface area (Å²) in [4.78, 5) is 13.1. The lowest BCUT2D eigenvalue weighted by molar-refractivity contribution is -0.127. The van der Waals surface area contributed by atoms with Gasteiger partial charge in [0.05, 0.1) is 0 Å². The molecule has 0 saturated carbocycles. The molecule has 13 heavy (non-hydrogen) atoms. The monoisotopic (exact) mass is 183 g/mol. The summed E-state index contributed by atoms with van der Waals surface area (Å²) in [5.41, 5.74) is 0.400. The van der Waals surface area contributed by atoms with Gasteiger partial charge in [0, 0.05) is 20.0 Å². The van der Waals surface area contributed by atoms with Crippen LogP contribution in [0.1, 0.15) is 40.5 Å². The molecule has 1 saturated heterocycles. The molecule has 0 radical (unpaired) electrons. The van der Waals surface area contributed by atoms with Gasteiger partial charge in [0.15, 0.2) is 0 Å². The van der Waals surface area contributed by atoms with Crippen molar-refractivity contribution in [1.82, 2.24) is 4.90 Å². The molecule has 0 spiro atoms. The lowest BCUT2D eigenvalue weighted by Crippen LogP contribution is -2.26. The van der Waals surface area contributed by atoms with E-state index in [4.69, 9.17) is 0 Å². The fraction of sp³-hybridized carbons (Fsp3) is 0.909. The fourth-order valence-corrected chi connectivity index (χ4v) is 2.15. The Morgan fingerprint density at radius 2 is 2.08 bits per heavy atom. The highest BCUT2D eigenvalue weighted by Crippen LogP contribution is 2.30. The zero-order chi connectivity index (χ0) is 10.1. The number of carbonyl (C=O) groups is 1. The Hall–Kier alpha value is -0.530. The van der Waals surface area contributed by atoms with Crippen LogP contribution in [0.2, 0.25) is 0 Å². The number of hydrogen-bond acceptors (Lipinski definition) is 1. The maximum Gasteiger partial charge on any atom is 0.219 e. The van der Waals surface area contributed by atoms with E-state index in [0.717, 1.165) is 19.0 Å². The van der Waals surface area contributed by atoms with E-state index in [9.17, 15) is 4.79 Å². The smallest absolute Gasteiger partial charge is 0.219 e. The minimum absolute atomic E-state index is 0.233. The lowest BCUT2D eigenvalue weighted by atomic mass is 9.84. The van der Waals surface area contributed by atoms with Gasteiger partial charge in [-0.25, -0.2) is 0 Å². The highest BCUT2D eigenvalue weighted by atomic mass is 16.2. The van der Waals surface area contributed by atoms with E-state index >= 15 is 0 Å². The van der Waals surface area contributed by atoms with E-state index in [2.05, 4.69) is 20.8 Å². The van der Waals surface area contributed by atoms with Crippen LogP contribution >= 0.6 is 0 Å². The zero-order valence-electron chi connectivity index (χ0n) is 9.26. The summed E-state index contributed by atoms with van der Waals surface area (Å²) in [6.45, 7) is 10.4. The fourth-order valence-electron chi connectivity index (χ4n) is 2.15. The first-order chi connectivity index (χ1) is 5.88.